The second-order valence-electron chi connectivity index (χ2n) is 8.18. The van der Waals surface area contributed by atoms with E-state index in [1.165, 1.54) is 26.1 Å². The molecule has 2 aromatic carbocycles. The lowest BCUT2D eigenvalue weighted by atomic mass is 9.92. The molecule has 0 saturated heterocycles. The topological polar surface area (TPSA) is 112 Å². The van der Waals surface area contributed by atoms with Gasteiger partial charge < -0.3 is 10.5 Å². The number of anilines is 1. The predicted molar refractivity (Wildman–Crippen MR) is 122 cm³/mol. The Labute approximate surface area is 203 Å². The lowest BCUT2D eigenvalue weighted by molar-refractivity contribution is -0.125. The quantitative estimate of drug-likeness (QED) is 0.529. The Morgan fingerprint density at radius 3 is 2.40 bits per heavy atom. The number of carbonyl (C=O) groups excluding carboxylic acids is 1. The van der Waals surface area contributed by atoms with E-state index in [0.717, 1.165) is 30.3 Å². The predicted octanol–water partition coefficient (Wildman–Crippen LogP) is 4.35. The maximum atomic E-state index is 15.7. The minimum atomic E-state index is -4.68. The first-order valence-electron chi connectivity index (χ1n) is 10.0. The number of nitrogens with zero attached hydrogens (tertiary/aromatic N) is 2. The Bertz CT molecular complexity index is 1500. The van der Waals surface area contributed by atoms with Crippen molar-refractivity contribution in [3.8, 4) is 0 Å². The number of benzene rings is 2. The third kappa shape index (κ3) is 4.48. The zero-order valence-corrected chi connectivity index (χ0v) is 19.8. The van der Waals surface area contributed by atoms with Gasteiger partial charge in [0, 0.05) is 22.3 Å². The van der Waals surface area contributed by atoms with Crippen molar-refractivity contribution < 1.29 is 31.1 Å². The molecule has 1 aliphatic rings. The zero-order chi connectivity index (χ0) is 25.7. The first kappa shape index (κ1) is 24.7. The van der Waals surface area contributed by atoms with Gasteiger partial charge in [-0.3, -0.25) is 4.79 Å². The lowest BCUT2D eigenvalue weighted by Gasteiger charge is -2.17. The lowest BCUT2D eigenvalue weighted by Crippen LogP contribution is -2.29. The molecule has 0 unspecified atom stereocenters. The normalized spacial score (nSPS) is 15.4. The molecule has 2 N–H and O–H groups in total. The van der Waals surface area contributed by atoms with E-state index in [-0.39, 0.29) is 33.6 Å². The Morgan fingerprint density at radius 2 is 1.77 bits per heavy atom. The fourth-order valence-corrected chi connectivity index (χ4v) is 5.41. The molecule has 0 saturated carbocycles. The molecule has 0 bridgehead atoms. The molecule has 35 heavy (non-hydrogen) atoms. The van der Waals surface area contributed by atoms with Gasteiger partial charge in [-0.15, -0.1) is 0 Å². The Morgan fingerprint density at radius 1 is 1.11 bits per heavy atom. The van der Waals surface area contributed by atoms with Gasteiger partial charge in [0.25, 0.3) is 0 Å². The number of Topliss-reactive ketones (excluding diaryl/α,β-unsaturated/α-hetero) is 1. The van der Waals surface area contributed by atoms with E-state index in [0.29, 0.717) is 0 Å². The van der Waals surface area contributed by atoms with Crippen molar-refractivity contribution in [3.63, 3.8) is 0 Å². The molecule has 2 heterocycles. The number of nitrogens with two attached hydrogens (primary N) is 1. The third-order valence-electron chi connectivity index (χ3n) is 5.22. The number of ether oxygens (including phenoxy) is 1. The number of carbonyl (C=O) groups is 1. The van der Waals surface area contributed by atoms with Gasteiger partial charge in [-0.05, 0) is 44.2 Å². The SMILES string of the molecule is CC1(C)OC(c2ccnc(N)n2)=C(c2cc(Cl)cc(CS(=O)(=O)c3c(F)cccc3F)c2F)C1=O. The van der Waals surface area contributed by atoms with Crippen LogP contribution in [-0.2, 0) is 25.1 Å². The number of hydrogen-bond donors (Lipinski definition) is 1. The fraction of sp³-hybridized carbons (Fsp3) is 0.174. The van der Waals surface area contributed by atoms with E-state index in [9.17, 15) is 22.0 Å². The monoisotopic (exact) mass is 523 g/mol. The average molecular weight is 524 g/mol. The molecule has 3 aromatic rings. The standard InChI is InChI=1S/C23H17ClF3N3O4S/c1-23(2)21(31)17(19(34-23)16-6-7-29-22(28)30-16)13-9-12(24)8-11(18(13)27)10-35(32,33)20-14(25)4-3-5-15(20)26/h3-9H,10H2,1-2H3,(H2,28,29,30). The summed E-state index contributed by atoms with van der Waals surface area (Å²) in [6.45, 7) is 2.92. The van der Waals surface area contributed by atoms with Gasteiger partial charge in [-0.2, -0.15) is 0 Å². The van der Waals surface area contributed by atoms with Crippen LogP contribution >= 0.6 is 11.6 Å². The summed E-state index contributed by atoms with van der Waals surface area (Å²) in [7, 11) is -4.68. The summed E-state index contributed by atoms with van der Waals surface area (Å²) >= 11 is 6.15. The van der Waals surface area contributed by atoms with Crippen molar-refractivity contribution in [2.24, 2.45) is 0 Å². The number of sulfone groups is 1. The van der Waals surface area contributed by atoms with Crippen LogP contribution in [0.2, 0.25) is 5.02 Å². The molecule has 1 aromatic heterocycles. The van der Waals surface area contributed by atoms with Crippen LogP contribution in [0.25, 0.3) is 11.3 Å². The van der Waals surface area contributed by atoms with Gasteiger partial charge in [0.1, 0.15) is 28.0 Å². The third-order valence-corrected chi connectivity index (χ3v) is 7.14. The zero-order valence-electron chi connectivity index (χ0n) is 18.3. The average Bonchev–Trinajstić information content (AvgIpc) is 2.99. The molecule has 12 heteroatoms. The van der Waals surface area contributed by atoms with Gasteiger partial charge in [-0.1, -0.05) is 17.7 Å². The minimum Gasteiger partial charge on any atom is -0.477 e. The van der Waals surface area contributed by atoms with Crippen LogP contribution in [0.3, 0.4) is 0 Å². The number of ketones is 1. The summed E-state index contributed by atoms with van der Waals surface area (Å²) in [4.78, 5) is 19.8. The maximum Gasteiger partial charge on any atom is 0.220 e. The highest BCUT2D eigenvalue weighted by molar-refractivity contribution is 7.90. The summed E-state index contributed by atoms with van der Waals surface area (Å²) in [6.07, 6.45) is 1.32. The highest BCUT2D eigenvalue weighted by Gasteiger charge is 2.44. The van der Waals surface area contributed by atoms with E-state index in [4.69, 9.17) is 22.1 Å². The smallest absolute Gasteiger partial charge is 0.220 e. The van der Waals surface area contributed by atoms with Crippen LogP contribution in [0.5, 0.6) is 0 Å². The van der Waals surface area contributed by atoms with E-state index in [2.05, 4.69) is 9.97 Å². The van der Waals surface area contributed by atoms with Gasteiger partial charge in [0.05, 0.1) is 11.3 Å². The fourth-order valence-electron chi connectivity index (χ4n) is 3.67. The van der Waals surface area contributed by atoms with Crippen molar-refractivity contribution in [1.82, 2.24) is 9.97 Å². The van der Waals surface area contributed by atoms with Crippen molar-refractivity contribution in [1.29, 1.82) is 0 Å². The Kier molecular flexibility index (Phi) is 6.10. The van der Waals surface area contributed by atoms with Crippen LogP contribution in [-0.4, -0.2) is 29.8 Å². The Balaban J connectivity index is 1.90. The number of hydrogen-bond acceptors (Lipinski definition) is 7. The summed E-state index contributed by atoms with van der Waals surface area (Å²) in [5, 5.41) is -0.118. The van der Waals surface area contributed by atoms with Gasteiger partial charge in [-0.25, -0.2) is 31.6 Å². The molecule has 7 nitrogen and oxygen atoms in total. The van der Waals surface area contributed by atoms with Crippen LogP contribution in [0.4, 0.5) is 19.1 Å². The van der Waals surface area contributed by atoms with Crippen LogP contribution < -0.4 is 5.73 Å². The molecular weight excluding hydrogens is 507 g/mol. The van der Waals surface area contributed by atoms with Gasteiger partial charge in [0.15, 0.2) is 21.2 Å². The molecule has 1 aliphatic heterocycles. The number of halogens is 4. The van der Waals surface area contributed by atoms with Gasteiger partial charge in [0.2, 0.25) is 11.7 Å². The summed E-state index contributed by atoms with van der Waals surface area (Å²) < 4.78 is 75.4. The molecular formula is C23H17ClF3N3O4S. The molecule has 0 atom stereocenters. The number of rotatable bonds is 5. The first-order valence-corrected chi connectivity index (χ1v) is 12.1. The first-order chi connectivity index (χ1) is 16.3. The van der Waals surface area contributed by atoms with E-state index >= 15 is 4.39 Å². The van der Waals surface area contributed by atoms with Crippen molar-refractivity contribution in [2.45, 2.75) is 30.1 Å². The van der Waals surface area contributed by atoms with Crippen molar-refractivity contribution in [3.05, 3.63) is 81.9 Å². The second kappa shape index (κ2) is 8.65. The van der Waals surface area contributed by atoms with Crippen LogP contribution in [0, 0.1) is 17.5 Å². The summed E-state index contributed by atoms with van der Waals surface area (Å²) in [6, 6.07) is 6.08. The van der Waals surface area contributed by atoms with Crippen molar-refractivity contribution in [2.75, 3.05) is 5.73 Å². The largest absolute Gasteiger partial charge is 0.477 e. The number of nitrogen functional groups attached to an aromatic ring is 1. The molecule has 0 fully saturated rings. The summed E-state index contributed by atoms with van der Waals surface area (Å²) in [5.41, 5.74) is 3.20. The van der Waals surface area contributed by atoms with Gasteiger partial charge >= 0.3 is 0 Å². The Hall–Kier alpha value is -3.44. The van der Waals surface area contributed by atoms with E-state index in [1.54, 1.807) is 0 Å². The van der Waals surface area contributed by atoms with Crippen LogP contribution in [0.1, 0.15) is 30.7 Å². The second-order valence-corrected chi connectivity index (χ2v) is 10.5. The molecule has 182 valence electrons. The van der Waals surface area contributed by atoms with Crippen molar-refractivity contribution >= 4 is 44.5 Å². The summed E-state index contributed by atoms with van der Waals surface area (Å²) in [5.74, 6) is -5.74. The molecule has 0 amide bonds. The maximum absolute atomic E-state index is 15.7. The molecule has 0 spiro atoms. The van der Waals surface area contributed by atoms with E-state index < -0.39 is 54.9 Å². The van der Waals surface area contributed by atoms with E-state index in [1.807, 2.05) is 0 Å². The minimum absolute atomic E-state index is 0.0911. The highest BCUT2D eigenvalue weighted by Crippen LogP contribution is 2.43. The molecule has 0 aliphatic carbocycles. The molecule has 4 rings (SSSR count). The van der Waals surface area contributed by atoms with Crippen LogP contribution in [0.15, 0.2) is 47.5 Å². The number of aromatic nitrogens is 2. The molecule has 0 radical (unpaired) electrons. The highest BCUT2D eigenvalue weighted by atomic mass is 35.5.